The molecule has 3 N–H and O–H groups in total. The van der Waals surface area contributed by atoms with Crippen molar-refractivity contribution in [2.45, 2.75) is 25.3 Å². The van der Waals surface area contributed by atoms with Gasteiger partial charge in [-0.2, -0.15) is 0 Å². The Morgan fingerprint density at radius 1 is 1.14 bits per heavy atom. The van der Waals surface area contributed by atoms with Gasteiger partial charge in [0, 0.05) is 13.1 Å². The van der Waals surface area contributed by atoms with Gasteiger partial charge >= 0.3 is 0 Å². The number of hydrogen-bond donors (Lipinski definition) is 3. The zero-order valence-electron chi connectivity index (χ0n) is 8.82. The fourth-order valence-electron chi connectivity index (χ4n) is 2.00. The van der Waals surface area contributed by atoms with Gasteiger partial charge in [-0.1, -0.05) is 13.3 Å². The van der Waals surface area contributed by atoms with Crippen LogP contribution >= 0.6 is 0 Å². The van der Waals surface area contributed by atoms with Crippen molar-refractivity contribution in [3.63, 3.8) is 0 Å². The van der Waals surface area contributed by atoms with Crippen LogP contribution in [0, 0.1) is 5.92 Å². The van der Waals surface area contributed by atoms with E-state index in [1.54, 1.807) is 0 Å². The second-order valence-electron chi connectivity index (χ2n) is 4.26. The third-order valence-corrected chi connectivity index (χ3v) is 3.21. The minimum Gasteiger partial charge on any atom is -0.394 e. The fourth-order valence-corrected chi connectivity index (χ4v) is 2.00. The molecule has 1 rings (SSSR count). The lowest BCUT2D eigenvalue weighted by atomic mass is 9.87. The molecule has 0 saturated carbocycles. The predicted molar refractivity (Wildman–Crippen MR) is 54.0 cm³/mol. The summed E-state index contributed by atoms with van der Waals surface area (Å²) in [5.41, 5.74) is -0.801. The maximum Gasteiger partial charge on any atom is 0.0906 e. The highest BCUT2D eigenvalue weighted by atomic mass is 16.3. The normalized spacial score (nSPS) is 19.7. The van der Waals surface area contributed by atoms with Gasteiger partial charge < -0.3 is 15.3 Å². The lowest BCUT2D eigenvalue weighted by molar-refractivity contribution is -0.0989. The first-order valence-corrected chi connectivity index (χ1v) is 5.30. The van der Waals surface area contributed by atoms with E-state index in [0.717, 1.165) is 13.1 Å². The molecule has 0 unspecified atom stereocenters. The zero-order chi connectivity index (χ0) is 10.6. The maximum absolute atomic E-state index is 9.17. The Morgan fingerprint density at radius 3 is 2.00 bits per heavy atom. The third kappa shape index (κ3) is 2.08. The highest BCUT2D eigenvalue weighted by Gasteiger charge is 2.42. The summed E-state index contributed by atoms with van der Waals surface area (Å²) in [5.74, 6) is 0.670. The summed E-state index contributed by atoms with van der Waals surface area (Å²) in [6.45, 7) is 3.38. The van der Waals surface area contributed by atoms with E-state index < -0.39 is 5.54 Å². The molecule has 1 heterocycles. The Balaban J connectivity index is 2.42. The van der Waals surface area contributed by atoms with Crippen molar-refractivity contribution in [2.24, 2.45) is 5.92 Å². The van der Waals surface area contributed by atoms with Gasteiger partial charge in [0.2, 0.25) is 0 Å². The molecule has 0 amide bonds. The van der Waals surface area contributed by atoms with E-state index in [-0.39, 0.29) is 19.8 Å². The quantitative estimate of drug-likeness (QED) is 0.541. The van der Waals surface area contributed by atoms with Gasteiger partial charge in [-0.3, -0.25) is 4.90 Å². The lowest BCUT2D eigenvalue weighted by Crippen LogP contribution is -2.65. The molecular formula is C10H21NO3. The molecular weight excluding hydrogens is 182 g/mol. The summed E-state index contributed by atoms with van der Waals surface area (Å²) in [5, 5.41) is 27.5. The van der Waals surface area contributed by atoms with Crippen molar-refractivity contribution < 1.29 is 15.3 Å². The van der Waals surface area contributed by atoms with E-state index >= 15 is 0 Å². The van der Waals surface area contributed by atoms with E-state index in [2.05, 4.69) is 6.92 Å². The average molecular weight is 203 g/mol. The van der Waals surface area contributed by atoms with Gasteiger partial charge in [-0.05, 0) is 12.3 Å². The van der Waals surface area contributed by atoms with Crippen molar-refractivity contribution in [2.75, 3.05) is 32.9 Å². The van der Waals surface area contributed by atoms with Crippen molar-refractivity contribution >= 4 is 0 Å². The van der Waals surface area contributed by atoms with Crippen LogP contribution in [0.3, 0.4) is 0 Å². The van der Waals surface area contributed by atoms with Gasteiger partial charge in [0.15, 0.2) is 0 Å². The minimum absolute atomic E-state index is 0.182. The molecule has 14 heavy (non-hydrogen) atoms. The molecule has 1 fully saturated rings. The van der Waals surface area contributed by atoms with Crippen LogP contribution in [0.4, 0.5) is 0 Å². The van der Waals surface area contributed by atoms with E-state index in [9.17, 15) is 0 Å². The number of likely N-dealkylation sites (tertiary alicyclic amines) is 1. The van der Waals surface area contributed by atoms with Crippen LogP contribution in [0.25, 0.3) is 0 Å². The molecule has 1 aliphatic heterocycles. The van der Waals surface area contributed by atoms with Gasteiger partial charge in [0.05, 0.1) is 25.4 Å². The monoisotopic (exact) mass is 203 g/mol. The SMILES string of the molecule is CCCC1CN(C(CO)(CO)CO)C1. The summed E-state index contributed by atoms with van der Waals surface area (Å²) in [6.07, 6.45) is 2.36. The number of aliphatic hydroxyl groups excluding tert-OH is 3. The molecule has 0 atom stereocenters. The van der Waals surface area contributed by atoms with Crippen LogP contribution in [0.5, 0.6) is 0 Å². The molecule has 1 aliphatic rings. The van der Waals surface area contributed by atoms with Crippen molar-refractivity contribution in [1.82, 2.24) is 4.90 Å². The first-order chi connectivity index (χ1) is 6.72. The van der Waals surface area contributed by atoms with Crippen molar-refractivity contribution in [3.05, 3.63) is 0 Å². The van der Waals surface area contributed by atoms with Crippen LogP contribution in [-0.2, 0) is 0 Å². The van der Waals surface area contributed by atoms with Crippen LogP contribution in [0.15, 0.2) is 0 Å². The molecule has 4 nitrogen and oxygen atoms in total. The minimum atomic E-state index is -0.801. The van der Waals surface area contributed by atoms with Crippen LogP contribution < -0.4 is 0 Å². The highest BCUT2D eigenvalue weighted by molar-refractivity contribution is 4.96. The Hall–Kier alpha value is -0.160. The van der Waals surface area contributed by atoms with Crippen molar-refractivity contribution in [3.8, 4) is 0 Å². The number of rotatable bonds is 6. The average Bonchev–Trinajstić information content (AvgIpc) is 2.17. The molecule has 0 aromatic carbocycles. The molecule has 0 bridgehead atoms. The fraction of sp³-hybridized carbons (Fsp3) is 1.00. The van der Waals surface area contributed by atoms with E-state index in [1.807, 2.05) is 4.90 Å². The predicted octanol–water partition coefficient (Wildman–Crippen LogP) is -0.566. The Bertz CT molecular complexity index is 156. The second kappa shape index (κ2) is 5.07. The summed E-state index contributed by atoms with van der Waals surface area (Å²) in [7, 11) is 0. The summed E-state index contributed by atoms with van der Waals surface area (Å²) < 4.78 is 0. The van der Waals surface area contributed by atoms with Crippen LogP contribution in [-0.4, -0.2) is 58.7 Å². The molecule has 0 radical (unpaired) electrons. The van der Waals surface area contributed by atoms with Crippen LogP contribution in [0.2, 0.25) is 0 Å². The molecule has 0 aromatic heterocycles. The van der Waals surface area contributed by atoms with Crippen LogP contribution in [0.1, 0.15) is 19.8 Å². The Kier molecular flexibility index (Phi) is 4.31. The molecule has 84 valence electrons. The van der Waals surface area contributed by atoms with Gasteiger partial charge in [-0.15, -0.1) is 0 Å². The molecule has 0 aliphatic carbocycles. The second-order valence-corrected chi connectivity index (χ2v) is 4.26. The number of nitrogens with zero attached hydrogens (tertiary/aromatic N) is 1. The van der Waals surface area contributed by atoms with E-state index in [1.165, 1.54) is 12.8 Å². The first kappa shape index (κ1) is 11.9. The largest absolute Gasteiger partial charge is 0.394 e. The summed E-state index contributed by atoms with van der Waals surface area (Å²) >= 11 is 0. The zero-order valence-corrected chi connectivity index (χ0v) is 8.82. The van der Waals surface area contributed by atoms with Crippen molar-refractivity contribution in [1.29, 1.82) is 0 Å². The Labute approximate surface area is 85.2 Å². The maximum atomic E-state index is 9.17. The molecule has 1 saturated heterocycles. The standard InChI is InChI=1S/C10H21NO3/c1-2-3-9-4-11(5-9)10(6-12,7-13)8-14/h9,12-14H,2-8H2,1H3. The molecule has 0 aromatic rings. The summed E-state index contributed by atoms with van der Waals surface area (Å²) in [4.78, 5) is 1.98. The summed E-state index contributed by atoms with van der Waals surface area (Å²) in [6, 6.07) is 0. The highest BCUT2D eigenvalue weighted by Crippen LogP contribution is 2.28. The molecule has 0 spiro atoms. The Morgan fingerprint density at radius 2 is 1.64 bits per heavy atom. The third-order valence-electron chi connectivity index (χ3n) is 3.21. The number of hydrogen-bond acceptors (Lipinski definition) is 4. The van der Waals surface area contributed by atoms with Gasteiger partial charge in [0.1, 0.15) is 0 Å². The van der Waals surface area contributed by atoms with E-state index in [0.29, 0.717) is 5.92 Å². The topological polar surface area (TPSA) is 63.9 Å². The lowest BCUT2D eigenvalue weighted by Gasteiger charge is -2.50. The first-order valence-electron chi connectivity index (χ1n) is 5.30. The van der Waals surface area contributed by atoms with Gasteiger partial charge in [0.25, 0.3) is 0 Å². The smallest absolute Gasteiger partial charge is 0.0906 e. The van der Waals surface area contributed by atoms with Gasteiger partial charge in [-0.25, -0.2) is 0 Å². The number of aliphatic hydroxyl groups is 3. The van der Waals surface area contributed by atoms with E-state index in [4.69, 9.17) is 15.3 Å². The molecule has 4 heteroatoms.